The first kappa shape index (κ1) is 11.5. The Bertz CT molecular complexity index is 514. The number of hydrogen-bond donors (Lipinski definition) is 0. The van der Waals surface area contributed by atoms with Gasteiger partial charge in [-0.1, -0.05) is 0 Å². The van der Waals surface area contributed by atoms with E-state index in [9.17, 15) is 10.1 Å². The molecule has 88 valence electrons. The quantitative estimate of drug-likeness (QED) is 0.613. The Balaban J connectivity index is 2.17. The van der Waals surface area contributed by atoms with Crippen molar-refractivity contribution < 1.29 is 4.92 Å². The van der Waals surface area contributed by atoms with Crippen LogP contribution in [0, 0.1) is 10.1 Å². The summed E-state index contributed by atoms with van der Waals surface area (Å²) in [5.41, 5.74) is 0.119. The monoisotopic (exact) mass is 250 g/mol. The molecule has 2 heterocycles. The SMILES string of the molecule is CN(Cc1ncccn1)c1sccc1[N+](=O)[O-]. The van der Waals surface area contributed by atoms with Gasteiger partial charge in [-0.3, -0.25) is 10.1 Å². The molecular weight excluding hydrogens is 240 g/mol. The standard InChI is InChI=1S/C10H10N4O2S/c1-13(7-9-11-4-2-5-12-9)10-8(14(15)16)3-6-17-10/h2-6H,7H2,1H3. The molecule has 0 aliphatic rings. The fraction of sp³-hybridized carbons (Fsp3) is 0.200. The van der Waals surface area contributed by atoms with Crippen LogP contribution in [0.5, 0.6) is 0 Å². The van der Waals surface area contributed by atoms with E-state index in [1.54, 1.807) is 35.8 Å². The summed E-state index contributed by atoms with van der Waals surface area (Å²) in [5, 5.41) is 13.1. The minimum absolute atomic E-state index is 0.119. The predicted octanol–water partition coefficient (Wildman–Crippen LogP) is 2.08. The third-order valence-corrected chi connectivity index (χ3v) is 3.18. The highest BCUT2D eigenvalue weighted by Gasteiger charge is 2.19. The van der Waals surface area contributed by atoms with Crippen LogP contribution in [0.1, 0.15) is 5.82 Å². The third-order valence-electron chi connectivity index (χ3n) is 2.17. The predicted molar refractivity (Wildman–Crippen MR) is 65.1 cm³/mol. The van der Waals surface area contributed by atoms with Crippen molar-refractivity contribution in [1.82, 2.24) is 9.97 Å². The smallest absolute Gasteiger partial charge is 0.303 e. The lowest BCUT2D eigenvalue weighted by Crippen LogP contribution is -2.17. The summed E-state index contributed by atoms with van der Waals surface area (Å²) >= 11 is 1.33. The van der Waals surface area contributed by atoms with Crippen LogP contribution < -0.4 is 4.90 Å². The van der Waals surface area contributed by atoms with Crippen molar-refractivity contribution in [3.8, 4) is 0 Å². The van der Waals surface area contributed by atoms with Gasteiger partial charge in [-0.2, -0.15) is 0 Å². The van der Waals surface area contributed by atoms with Crippen LogP contribution in [0.25, 0.3) is 0 Å². The number of anilines is 1. The van der Waals surface area contributed by atoms with Gasteiger partial charge in [0.2, 0.25) is 0 Å². The Hall–Kier alpha value is -2.02. The average molecular weight is 250 g/mol. The molecule has 0 amide bonds. The zero-order valence-corrected chi connectivity index (χ0v) is 9.92. The normalized spacial score (nSPS) is 10.2. The molecule has 0 N–H and O–H groups in total. The molecule has 0 atom stereocenters. The maximum atomic E-state index is 10.8. The summed E-state index contributed by atoms with van der Waals surface area (Å²) in [4.78, 5) is 20.4. The number of aromatic nitrogens is 2. The number of nitro groups is 1. The first-order valence-corrected chi connectivity index (χ1v) is 5.75. The first-order valence-electron chi connectivity index (χ1n) is 4.87. The lowest BCUT2D eigenvalue weighted by atomic mass is 10.4. The highest BCUT2D eigenvalue weighted by atomic mass is 32.1. The van der Waals surface area contributed by atoms with Gasteiger partial charge in [0.25, 0.3) is 0 Å². The van der Waals surface area contributed by atoms with Crippen molar-refractivity contribution in [2.75, 3.05) is 11.9 Å². The summed E-state index contributed by atoms with van der Waals surface area (Å²) in [6.45, 7) is 0.447. The minimum atomic E-state index is -0.381. The summed E-state index contributed by atoms with van der Waals surface area (Å²) in [5.74, 6) is 0.637. The molecule has 0 saturated heterocycles. The molecule has 0 aliphatic carbocycles. The molecule has 0 bridgehead atoms. The fourth-order valence-corrected chi connectivity index (χ4v) is 2.25. The van der Waals surface area contributed by atoms with E-state index in [2.05, 4.69) is 9.97 Å². The van der Waals surface area contributed by atoms with E-state index in [1.165, 1.54) is 17.4 Å². The van der Waals surface area contributed by atoms with Crippen LogP contribution in [-0.4, -0.2) is 21.9 Å². The van der Waals surface area contributed by atoms with Crippen LogP contribution in [0.2, 0.25) is 0 Å². The fourth-order valence-electron chi connectivity index (χ4n) is 1.41. The maximum absolute atomic E-state index is 10.8. The topological polar surface area (TPSA) is 72.2 Å². The number of rotatable bonds is 4. The van der Waals surface area contributed by atoms with Crippen molar-refractivity contribution in [3.05, 3.63) is 45.8 Å². The van der Waals surface area contributed by atoms with Gasteiger partial charge in [0, 0.05) is 25.5 Å². The molecule has 0 spiro atoms. The van der Waals surface area contributed by atoms with Crippen LogP contribution in [-0.2, 0) is 6.54 Å². The van der Waals surface area contributed by atoms with E-state index in [-0.39, 0.29) is 10.6 Å². The van der Waals surface area contributed by atoms with Gasteiger partial charge in [0.15, 0.2) is 5.00 Å². The molecule has 0 saturated carbocycles. The Kier molecular flexibility index (Phi) is 3.29. The second-order valence-corrected chi connectivity index (χ2v) is 4.28. The molecule has 0 fully saturated rings. The Morgan fingerprint density at radius 1 is 1.47 bits per heavy atom. The molecule has 2 aromatic heterocycles. The largest absolute Gasteiger partial charge is 0.353 e. The van der Waals surface area contributed by atoms with Crippen LogP contribution in [0.4, 0.5) is 10.7 Å². The van der Waals surface area contributed by atoms with Gasteiger partial charge < -0.3 is 4.90 Å². The summed E-state index contributed by atoms with van der Waals surface area (Å²) < 4.78 is 0. The zero-order valence-electron chi connectivity index (χ0n) is 9.11. The first-order chi connectivity index (χ1) is 8.18. The molecular formula is C10H10N4O2S. The molecule has 2 aromatic rings. The summed E-state index contributed by atoms with van der Waals surface area (Å²) in [6.07, 6.45) is 3.30. The maximum Gasteiger partial charge on any atom is 0.303 e. The van der Waals surface area contributed by atoms with E-state index < -0.39 is 0 Å². The second-order valence-electron chi connectivity index (χ2n) is 3.39. The Labute approximate surface area is 102 Å². The second kappa shape index (κ2) is 4.88. The molecule has 17 heavy (non-hydrogen) atoms. The van der Waals surface area contributed by atoms with Gasteiger partial charge in [0.05, 0.1) is 11.5 Å². The van der Waals surface area contributed by atoms with Crippen molar-refractivity contribution in [1.29, 1.82) is 0 Å². The van der Waals surface area contributed by atoms with Gasteiger partial charge >= 0.3 is 5.69 Å². The van der Waals surface area contributed by atoms with Gasteiger partial charge in [-0.25, -0.2) is 9.97 Å². The van der Waals surface area contributed by atoms with Crippen LogP contribution in [0.15, 0.2) is 29.9 Å². The Morgan fingerprint density at radius 2 is 2.18 bits per heavy atom. The highest BCUT2D eigenvalue weighted by Crippen LogP contribution is 2.33. The Morgan fingerprint density at radius 3 is 2.82 bits per heavy atom. The van der Waals surface area contributed by atoms with E-state index in [0.29, 0.717) is 17.4 Å². The lowest BCUT2D eigenvalue weighted by Gasteiger charge is -2.14. The lowest BCUT2D eigenvalue weighted by molar-refractivity contribution is -0.383. The molecule has 0 unspecified atom stereocenters. The van der Waals surface area contributed by atoms with Crippen molar-refractivity contribution in [3.63, 3.8) is 0 Å². The molecule has 0 aromatic carbocycles. The molecule has 0 radical (unpaired) electrons. The van der Waals surface area contributed by atoms with Crippen LogP contribution in [0.3, 0.4) is 0 Å². The van der Waals surface area contributed by atoms with E-state index in [4.69, 9.17) is 0 Å². The zero-order chi connectivity index (χ0) is 12.3. The number of hydrogen-bond acceptors (Lipinski definition) is 6. The summed E-state index contributed by atoms with van der Waals surface area (Å²) in [7, 11) is 1.79. The van der Waals surface area contributed by atoms with E-state index in [1.807, 2.05) is 0 Å². The highest BCUT2D eigenvalue weighted by molar-refractivity contribution is 7.14. The summed E-state index contributed by atoms with van der Waals surface area (Å²) in [6, 6.07) is 3.24. The van der Waals surface area contributed by atoms with Crippen molar-refractivity contribution in [2.45, 2.75) is 6.54 Å². The minimum Gasteiger partial charge on any atom is -0.353 e. The third kappa shape index (κ3) is 2.56. The number of nitrogens with zero attached hydrogens (tertiary/aromatic N) is 4. The number of thiophene rings is 1. The van der Waals surface area contributed by atoms with Crippen molar-refractivity contribution >= 4 is 22.0 Å². The van der Waals surface area contributed by atoms with Gasteiger partial charge in [-0.15, -0.1) is 11.3 Å². The van der Waals surface area contributed by atoms with Crippen molar-refractivity contribution in [2.24, 2.45) is 0 Å². The van der Waals surface area contributed by atoms with E-state index in [0.717, 1.165) is 0 Å². The van der Waals surface area contributed by atoms with E-state index >= 15 is 0 Å². The molecule has 2 rings (SSSR count). The molecule has 6 nitrogen and oxygen atoms in total. The van der Waals surface area contributed by atoms with Gasteiger partial charge in [-0.05, 0) is 11.4 Å². The molecule has 0 aliphatic heterocycles. The average Bonchev–Trinajstić information content (AvgIpc) is 2.79. The molecule has 7 heteroatoms. The van der Waals surface area contributed by atoms with Gasteiger partial charge in [0.1, 0.15) is 5.82 Å². The van der Waals surface area contributed by atoms with Crippen LogP contribution >= 0.6 is 11.3 Å².